The zero-order valence-corrected chi connectivity index (χ0v) is 21.0. The predicted octanol–water partition coefficient (Wildman–Crippen LogP) is 7.41. The largest absolute Gasteiger partial charge is 0.299 e. The van der Waals surface area contributed by atoms with Crippen molar-refractivity contribution in [1.29, 1.82) is 0 Å². The third-order valence-corrected chi connectivity index (χ3v) is 10.7. The number of unbranched alkanes of at least 4 members (excludes halogenated alkanes) is 5. The van der Waals surface area contributed by atoms with Gasteiger partial charge in [-0.15, -0.1) is 0 Å². The molecule has 6 atom stereocenters. The van der Waals surface area contributed by atoms with Gasteiger partial charge in [-0.05, 0) is 75.0 Å². The van der Waals surface area contributed by atoms with Crippen molar-refractivity contribution in [2.75, 3.05) is 12.0 Å². The van der Waals surface area contributed by atoms with Crippen LogP contribution in [0.3, 0.4) is 0 Å². The lowest BCUT2D eigenvalue weighted by Gasteiger charge is -2.58. The maximum Gasteiger partial charge on any atom is 0.155 e. The third kappa shape index (κ3) is 4.22. The van der Waals surface area contributed by atoms with Gasteiger partial charge >= 0.3 is 0 Å². The van der Waals surface area contributed by atoms with E-state index in [2.05, 4.69) is 20.1 Å². The highest BCUT2D eigenvalue weighted by molar-refractivity contribution is 7.98. The van der Waals surface area contributed by atoms with E-state index >= 15 is 0 Å². The summed E-state index contributed by atoms with van der Waals surface area (Å²) in [6.45, 7) is 4.60. The van der Waals surface area contributed by atoms with E-state index in [0.29, 0.717) is 35.2 Å². The Morgan fingerprint density at radius 1 is 1.00 bits per heavy atom. The maximum atomic E-state index is 13.6. The maximum absolute atomic E-state index is 13.6. The molecule has 4 aliphatic rings. The molecular formula is C28H44O2S. The summed E-state index contributed by atoms with van der Waals surface area (Å²) < 4.78 is 0. The summed E-state index contributed by atoms with van der Waals surface area (Å²) in [7, 11) is 0. The van der Waals surface area contributed by atoms with Crippen LogP contribution in [-0.2, 0) is 9.59 Å². The number of ketones is 2. The normalized spacial score (nSPS) is 39.6. The molecule has 0 bridgehead atoms. The number of hydrogen-bond acceptors (Lipinski definition) is 3. The lowest BCUT2D eigenvalue weighted by molar-refractivity contribution is -0.134. The molecule has 0 amide bonds. The van der Waals surface area contributed by atoms with Gasteiger partial charge in [0.25, 0.3) is 0 Å². The first-order chi connectivity index (χ1) is 15.0. The van der Waals surface area contributed by atoms with Crippen LogP contribution in [0, 0.1) is 34.5 Å². The van der Waals surface area contributed by atoms with Crippen LogP contribution in [0.15, 0.2) is 11.6 Å². The molecule has 3 fully saturated rings. The molecule has 2 nitrogen and oxygen atoms in total. The molecule has 0 aromatic rings. The minimum absolute atomic E-state index is 0.0692. The van der Waals surface area contributed by atoms with Crippen molar-refractivity contribution in [2.24, 2.45) is 34.5 Å². The van der Waals surface area contributed by atoms with Gasteiger partial charge in [0.15, 0.2) is 5.78 Å². The van der Waals surface area contributed by atoms with Gasteiger partial charge in [-0.1, -0.05) is 57.9 Å². The second-order valence-electron chi connectivity index (χ2n) is 11.5. The first kappa shape index (κ1) is 23.6. The van der Waals surface area contributed by atoms with E-state index in [0.717, 1.165) is 44.3 Å². The fourth-order valence-corrected chi connectivity index (χ4v) is 9.31. The molecule has 0 saturated heterocycles. The molecule has 0 spiro atoms. The Kier molecular flexibility index (Phi) is 7.41. The molecule has 0 aliphatic heterocycles. The molecule has 0 radical (unpaired) electrons. The van der Waals surface area contributed by atoms with E-state index in [9.17, 15) is 9.59 Å². The number of Topliss-reactive ketones (excluding diaryl/α,β-unsaturated/α-hetero) is 1. The van der Waals surface area contributed by atoms with E-state index in [-0.39, 0.29) is 10.8 Å². The van der Waals surface area contributed by atoms with E-state index in [1.165, 1.54) is 56.9 Å². The molecule has 0 heterocycles. The van der Waals surface area contributed by atoms with Crippen molar-refractivity contribution in [3.63, 3.8) is 0 Å². The van der Waals surface area contributed by atoms with Gasteiger partial charge in [0.1, 0.15) is 5.78 Å². The standard InChI is InChI=1S/C28H44O2S/c1-4-5-6-7-8-9-10-20-17-25-23-12-11-21-18-22(29)13-16-28(21,19-31-3)24(23)14-15-27(25,2)26(20)30/h18,20,23-25H,4-17,19H2,1-3H3/t20-,23+,24-,25-,27-,28+/m0/s1. The highest BCUT2D eigenvalue weighted by atomic mass is 32.2. The average molecular weight is 445 g/mol. The van der Waals surface area contributed by atoms with Crippen LogP contribution < -0.4 is 0 Å². The number of rotatable bonds is 9. The lowest BCUT2D eigenvalue weighted by Crippen LogP contribution is -2.52. The van der Waals surface area contributed by atoms with E-state index < -0.39 is 0 Å². The molecule has 0 unspecified atom stereocenters. The second kappa shape index (κ2) is 9.74. The zero-order chi connectivity index (χ0) is 22.1. The van der Waals surface area contributed by atoms with Crippen molar-refractivity contribution < 1.29 is 9.59 Å². The fraction of sp³-hybridized carbons (Fsp3) is 0.857. The van der Waals surface area contributed by atoms with Crippen molar-refractivity contribution in [2.45, 2.75) is 104 Å². The van der Waals surface area contributed by atoms with Crippen LogP contribution >= 0.6 is 11.8 Å². The van der Waals surface area contributed by atoms with Crippen molar-refractivity contribution in [1.82, 2.24) is 0 Å². The smallest absolute Gasteiger partial charge is 0.155 e. The first-order valence-corrected chi connectivity index (χ1v) is 14.6. The number of hydrogen-bond donors (Lipinski definition) is 0. The predicted molar refractivity (Wildman–Crippen MR) is 131 cm³/mol. The monoisotopic (exact) mass is 444 g/mol. The highest BCUT2D eigenvalue weighted by Gasteiger charge is 2.61. The molecule has 3 heteroatoms. The summed E-state index contributed by atoms with van der Waals surface area (Å²) in [4.78, 5) is 25.8. The number of carbonyl (C=O) groups excluding carboxylic acids is 2. The van der Waals surface area contributed by atoms with Gasteiger partial charge in [-0.3, -0.25) is 9.59 Å². The molecule has 0 N–H and O–H groups in total. The van der Waals surface area contributed by atoms with E-state index in [1.807, 2.05) is 17.8 Å². The Balaban J connectivity index is 1.47. The molecule has 31 heavy (non-hydrogen) atoms. The number of thioether (sulfide) groups is 1. The Bertz CT molecular complexity index is 712. The van der Waals surface area contributed by atoms with Crippen molar-refractivity contribution in [3.8, 4) is 0 Å². The molecule has 174 valence electrons. The van der Waals surface area contributed by atoms with Crippen LogP contribution in [0.4, 0.5) is 0 Å². The van der Waals surface area contributed by atoms with Crippen LogP contribution in [0.5, 0.6) is 0 Å². The Morgan fingerprint density at radius 3 is 2.55 bits per heavy atom. The zero-order valence-electron chi connectivity index (χ0n) is 20.2. The Morgan fingerprint density at radius 2 is 1.77 bits per heavy atom. The number of allylic oxidation sites excluding steroid dienone is 1. The van der Waals surface area contributed by atoms with Gasteiger partial charge in [0.05, 0.1) is 0 Å². The summed E-state index contributed by atoms with van der Waals surface area (Å²) >= 11 is 1.97. The van der Waals surface area contributed by atoms with Gasteiger partial charge in [-0.2, -0.15) is 11.8 Å². The summed E-state index contributed by atoms with van der Waals surface area (Å²) in [5.41, 5.74) is 1.63. The van der Waals surface area contributed by atoms with Gasteiger partial charge in [0, 0.05) is 28.9 Å². The molecule has 3 saturated carbocycles. The summed E-state index contributed by atoms with van der Waals surface area (Å²) in [5, 5.41) is 0. The number of fused-ring (bicyclic) bond motifs is 5. The van der Waals surface area contributed by atoms with Gasteiger partial charge in [-0.25, -0.2) is 0 Å². The van der Waals surface area contributed by atoms with E-state index in [4.69, 9.17) is 0 Å². The van der Waals surface area contributed by atoms with Crippen LogP contribution in [0.1, 0.15) is 104 Å². The van der Waals surface area contributed by atoms with Crippen molar-refractivity contribution in [3.05, 3.63) is 11.6 Å². The van der Waals surface area contributed by atoms with Crippen LogP contribution in [-0.4, -0.2) is 23.6 Å². The molecular weight excluding hydrogens is 400 g/mol. The van der Waals surface area contributed by atoms with Crippen LogP contribution in [0.25, 0.3) is 0 Å². The first-order valence-electron chi connectivity index (χ1n) is 13.2. The fourth-order valence-electron chi connectivity index (χ4n) is 8.25. The summed E-state index contributed by atoms with van der Waals surface area (Å²) in [6.07, 6.45) is 20.8. The third-order valence-electron chi connectivity index (χ3n) is 9.86. The minimum atomic E-state index is -0.0692. The average Bonchev–Trinajstić information content (AvgIpc) is 3.02. The SMILES string of the molecule is CCCCCCCC[C@H]1C[C@H]2[C@@H]3CCC4=CC(=O)CC[C@]4(CSC)[C@H]3CC[C@]2(C)C1=O. The molecule has 0 aromatic carbocycles. The quantitative estimate of drug-likeness (QED) is 0.347. The summed E-state index contributed by atoms with van der Waals surface area (Å²) in [6, 6.07) is 0. The Labute approximate surface area is 194 Å². The Hall–Kier alpha value is -0.570. The van der Waals surface area contributed by atoms with Crippen LogP contribution in [0.2, 0.25) is 0 Å². The number of carbonyl (C=O) groups is 2. The second-order valence-corrected chi connectivity index (χ2v) is 12.3. The molecule has 4 rings (SSSR count). The molecule has 0 aromatic heterocycles. The summed E-state index contributed by atoms with van der Waals surface area (Å²) in [5.74, 6) is 4.40. The van der Waals surface area contributed by atoms with Gasteiger partial charge in [0.2, 0.25) is 0 Å². The highest BCUT2D eigenvalue weighted by Crippen LogP contribution is 2.66. The topological polar surface area (TPSA) is 34.1 Å². The van der Waals surface area contributed by atoms with Crippen molar-refractivity contribution >= 4 is 23.3 Å². The molecule has 4 aliphatic carbocycles. The van der Waals surface area contributed by atoms with E-state index in [1.54, 1.807) is 0 Å². The van der Waals surface area contributed by atoms with Gasteiger partial charge < -0.3 is 0 Å². The lowest BCUT2D eigenvalue weighted by atomic mass is 9.47. The minimum Gasteiger partial charge on any atom is -0.299 e.